The lowest BCUT2D eigenvalue weighted by molar-refractivity contribution is 0.0612. The van der Waals surface area contributed by atoms with Gasteiger partial charge in [0.15, 0.2) is 0 Å². The van der Waals surface area contributed by atoms with E-state index in [9.17, 15) is 4.79 Å². The summed E-state index contributed by atoms with van der Waals surface area (Å²) in [7, 11) is 1.93. The molecule has 0 aliphatic carbocycles. The van der Waals surface area contributed by atoms with Crippen LogP contribution in [-0.4, -0.2) is 57.8 Å². The SMILES string of the molecule is Cc1ccn2cc(C(=O)N(C)[C@H]3CCCN(CCCc4ccccc4)C3)nc2c1. The maximum atomic E-state index is 13.0. The van der Waals surface area contributed by atoms with Gasteiger partial charge in [0.2, 0.25) is 0 Å². The van der Waals surface area contributed by atoms with Gasteiger partial charge in [-0.2, -0.15) is 0 Å². The average Bonchev–Trinajstić information content (AvgIpc) is 3.17. The van der Waals surface area contributed by atoms with Gasteiger partial charge in [-0.25, -0.2) is 4.98 Å². The Labute approximate surface area is 173 Å². The highest BCUT2D eigenvalue weighted by atomic mass is 16.2. The molecule has 0 radical (unpaired) electrons. The Hall–Kier alpha value is -2.66. The summed E-state index contributed by atoms with van der Waals surface area (Å²) >= 11 is 0. The van der Waals surface area contributed by atoms with Crippen molar-refractivity contribution >= 4 is 11.6 Å². The van der Waals surface area contributed by atoms with Crippen LogP contribution in [0.25, 0.3) is 5.65 Å². The molecule has 3 aromatic rings. The normalized spacial score (nSPS) is 17.5. The predicted octanol–water partition coefficient (Wildman–Crippen LogP) is 3.81. The molecule has 29 heavy (non-hydrogen) atoms. The number of likely N-dealkylation sites (N-methyl/N-ethyl adjacent to an activating group) is 1. The molecule has 1 aliphatic rings. The van der Waals surface area contributed by atoms with Gasteiger partial charge in [0.1, 0.15) is 11.3 Å². The molecule has 1 atom stereocenters. The fraction of sp³-hybridized carbons (Fsp3) is 0.417. The first-order valence-corrected chi connectivity index (χ1v) is 10.6. The number of imidazole rings is 1. The summed E-state index contributed by atoms with van der Waals surface area (Å²) in [5, 5.41) is 0. The van der Waals surface area contributed by atoms with E-state index in [1.165, 1.54) is 5.56 Å². The molecule has 3 heterocycles. The van der Waals surface area contributed by atoms with Crippen LogP contribution in [0.3, 0.4) is 0 Å². The van der Waals surface area contributed by atoms with Gasteiger partial charge in [0.05, 0.1) is 0 Å². The molecule has 4 rings (SSSR count). The van der Waals surface area contributed by atoms with Crippen molar-refractivity contribution in [3.05, 3.63) is 71.7 Å². The summed E-state index contributed by atoms with van der Waals surface area (Å²) in [4.78, 5) is 22.0. The summed E-state index contributed by atoms with van der Waals surface area (Å²) in [5.41, 5.74) is 3.90. The highest BCUT2D eigenvalue weighted by Crippen LogP contribution is 2.18. The summed E-state index contributed by atoms with van der Waals surface area (Å²) < 4.78 is 1.92. The molecule has 1 amide bonds. The lowest BCUT2D eigenvalue weighted by Crippen LogP contribution is -2.48. The number of hydrogen-bond acceptors (Lipinski definition) is 3. The molecule has 1 fully saturated rings. The first kappa shape index (κ1) is 19.6. The molecular formula is C24H30N4O. The maximum absolute atomic E-state index is 13.0. The largest absolute Gasteiger partial charge is 0.336 e. The topological polar surface area (TPSA) is 40.9 Å². The van der Waals surface area contributed by atoms with E-state index in [0.717, 1.165) is 56.5 Å². The molecule has 152 valence electrons. The number of amides is 1. The molecule has 0 N–H and O–H groups in total. The number of pyridine rings is 1. The van der Waals surface area contributed by atoms with Crippen LogP contribution < -0.4 is 0 Å². The first-order valence-electron chi connectivity index (χ1n) is 10.6. The summed E-state index contributed by atoms with van der Waals surface area (Å²) in [6.45, 7) is 5.20. The highest BCUT2D eigenvalue weighted by molar-refractivity contribution is 5.93. The molecule has 2 aromatic heterocycles. The van der Waals surface area contributed by atoms with E-state index in [1.807, 2.05) is 47.8 Å². The molecule has 0 saturated carbocycles. The van der Waals surface area contributed by atoms with Gasteiger partial charge >= 0.3 is 0 Å². The van der Waals surface area contributed by atoms with E-state index >= 15 is 0 Å². The van der Waals surface area contributed by atoms with Crippen molar-refractivity contribution in [1.82, 2.24) is 19.2 Å². The number of fused-ring (bicyclic) bond motifs is 1. The van der Waals surface area contributed by atoms with Crippen LogP contribution >= 0.6 is 0 Å². The Morgan fingerprint density at radius 1 is 1.24 bits per heavy atom. The molecule has 0 spiro atoms. The minimum Gasteiger partial charge on any atom is -0.336 e. The third-order valence-corrected chi connectivity index (χ3v) is 5.97. The minimum atomic E-state index is 0.0162. The quantitative estimate of drug-likeness (QED) is 0.643. The molecule has 1 saturated heterocycles. The summed E-state index contributed by atoms with van der Waals surface area (Å²) in [6, 6.07) is 15.0. The minimum absolute atomic E-state index is 0.0162. The zero-order valence-corrected chi connectivity index (χ0v) is 17.4. The number of hydrogen-bond donors (Lipinski definition) is 0. The molecule has 0 bridgehead atoms. The number of rotatable bonds is 6. The number of likely N-dealkylation sites (tertiary alicyclic amines) is 1. The van der Waals surface area contributed by atoms with Crippen LogP contribution in [0.4, 0.5) is 0 Å². The van der Waals surface area contributed by atoms with Gasteiger partial charge < -0.3 is 14.2 Å². The van der Waals surface area contributed by atoms with Crippen molar-refractivity contribution in [3.8, 4) is 0 Å². The summed E-state index contributed by atoms with van der Waals surface area (Å²) in [5.74, 6) is 0.0162. The second kappa shape index (κ2) is 8.78. The van der Waals surface area contributed by atoms with Crippen LogP contribution in [0.15, 0.2) is 54.9 Å². The lowest BCUT2D eigenvalue weighted by Gasteiger charge is -2.37. The Morgan fingerprint density at radius 3 is 2.90 bits per heavy atom. The number of carbonyl (C=O) groups excluding carboxylic acids is 1. The van der Waals surface area contributed by atoms with Crippen molar-refractivity contribution in [2.75, 3.05) is 26.7 Å². The second-order valence-electron chi connectivity index (χ2n) is 8.20. The maximum Gasteiger partial charge on any atom is 0.274 e. The third kappa shape index (κ3) is 4.67. The van der Waals surface area contributed by atoms with Crippen LogP contribution in [-0.2, 0) is 6.42 Å². The Bertz CT molecular complexity index is 965. The van der Waals surface area contributed by atoms with E-state index in [0.29, 0.717) is 5.69 Å². The van der Waals surface area contributed by atoms with Gasteiger partial charge in [-0.3, -0.25) is 4.79 Å². The Kier molecular flexibility index (Phi) is 5.95. The third-order valence-electron chi connectivity index (χ3n) is 5.97. The van der Waals surface area contributed by atoms with E-state index in [2.05, 4.69) is 40.2 Å². The smallest absolute Gasteiger partial charge is 0.274 e. The first-order chi connectivity index (χ1) is 14.1. The Balaban J connectivity index is 1.34. The van der Waals surface area contributed by atoms with E-state index in [-0.39, 0.29) is 11.9 Å². The van der Waals surface area contributed by atoms with Crippen LogP contribution in [0.5, 0.6) is 0 Å². The number of aromatic nitrogens is 2. The van der Waals surface area contributed by atoms with E-state index in [1.54, 1.807) is 0 Å². The lowest BCUT2D eigenvalue weighted by atomic mass is 10.0. The molecule has 0 unspecified atom stereocenters. The monoisotopic (exact) mass is 390 g/mol. The van der Waals surface area contributed by atoms with E-state index < -0.39 is 0 Å². The van der Waals surface area contributed by atoms with Crippen molar-refractivity contribution in [2.45, 2.75) is 38.6 Å². The van der Waals surface area contributed by atoms with Gasteiger partial charge in [-0.15, -0.1) is 0 Å². The summed E-state index contributed by atoms with van der Waals surface area (Å²) in [6.07, 6.45) is 8.26. The number of carbonyl (C=O) groups is 1. The van der Waals surface area contributed by atoms with Crippen molar-refractivity contribution in [2.24, 2.45) is 0 Å². The second-order valence-corrected chi connectivity index (χ2v) is 8.20. The van der Waals surface area contributed by atoms with Gasteiger partial charge in [-0.05, 0) is 69.0 Å². The molecule has 1 aliphatic heterocycles. The van der Waals surface area contributed by atoms with Crippen molar-refractivity contribution in [1.29, 1.82) is 0 Å². The highest BCUT2D eigenvalue weighted by Gasteiger charge is 2.27. The fourth-order valence-electron chi connectivity index (χ4n) is 4.24. The zero-order chi connectivity index (χ0) is 20.2. The number of benzene rings is 1. The molecule has 1 aromatic carbocycles. The van der Waals surface area contributed by atoms with Gasteiger partial charge in [0, 0.05) is 32.0 Å². The average molecular weight is 391 g/mol. The predicted molar refractivity (Wildman–Crippen MR) is 116 cm³/mol. The molecule has 5 nitrogen and oxygen atoms in total. The molecule has 5 heteroatoms. The number of aryl methyl sites for hydroxylation is 2. The molecular weight excluding hydrogens is 360 g/mol. The Morgan fingerprint density at radius 2 is 2.07 bits per heavy atom. The van der Waals surface area contributed by atoms with Gasteiger partial charge in [0.25, 0.3) is 5.91 Å². The van der Waals surface area contributed by atoms with Crippen molar-refractivity contribution < 1.29 is 4.79 Å². The number of piperidine rings is 1. The van der Waals surface area contributed by atoms with Crippen LogP contribution in [0.1, 0.15) is 40.9 Å². The number of nitrogens with zero attached hydrogens (tertiary/aromatic N) is 4. The van der Waals surface area contributed by atoms with E-state index in [4.69, 9.17) is 0 Å². The van der Waals surface area contributed by atoms with Crippen LogP contribution in [0.2, 0.25) is 0 Å². The zero-order valence-electron chi connectivity index (χ0n) is 17.4. The standard InChI is InChI=1S/C24H30N4O/c1-19-12-15-28-18-22(25-23(28)16-19)24(29)26(2)21-11-7-14-27(17-21)13-6-10-20-8-4-3-5-9-20/h3-5,8-9,12,15-16,18,21H,6-7,10-11,13-14,17H2,1-2H3/t21-/m0/s1. The van der Waals surface area contributed by atoms with Gasteiger partial charge in [-0.1, -0.05) is 30.3 Å². The fourth-order valence-corrected chi connectivity index (χ4v) is 4.24. The van der Waals surface area contributed by atoms with Crippen LogP contribution in [0, 0.1) is 6.92 Å². The van der Waals surface area contributed by atoms with Crippen molar-refractivity contribution in [3.63, 3.8) is 0 Å².